The van der Waals surface area contributed by atoms with Gasteiger partial charge in [0, 0.05) is 5.56 Å². The first-order valence-corrected chi connectivity index (χ1v) is 2.83. The Morgan fingerprint density at radius 1 is 1.60 bits per heavy atom. The van der Waals surface area contributed by atoms with Gasteiger partial charge in [0.05, 0.1) is 12.4 Å². The maximum absolute atomic E-state index is 4.71. The van der Waals surface area contributed by atoms with Crippen LogP contribution in [0.15, 0.2) is 23.6 Å². The second kappa shape index (κ2) is 1.70. The minimum atomic E-state index is 0.843. The molecule has 0 saturated heterocycles. The second-order valence-corrected chi connectivity index (χ2v) is 1.88. The molecular formula is C6H5N3O. The van der Waals surface area contributed by atoms with E-state index < -0.39 is 0 Å². The molecule has 0 atom stereocenters. The highest BCUT2D eigenvalue weighted by atomic mass is 16.6. The standard InChI is InChI=1S/C6H5N3O/c1-2-5-3-7-9-6(5)4-8-10-9/h2-4H,1H2. The topological polar surface area (TPSA) is 43.3 Å². The number of aromatic nitrogens is 3. The zero-order valence-electron chi connectivity index (χ0n) is 5.19. The van der Waals surface area contributed by atoms with E-state index in [2.05, 4.69) is 16.8 Å². The Morgan fingerprint density at radius 2 is 2.50 bits per heavy atom. The number of nitrogens with zero attached hydrogens (tertiary/aromatic N) is 3. The molecule has 0 amide bonds. The number of hydrogen-bond donors (Lipinski definition) is 0. The number of fused-ring (bicyclic) bond motifs is 1. The lowest BCUT2D eigenvalue weighted by molar-refractivity contribution is 0.245. The van der Waals surface area contributed by atoms with E-state index in [4.69, 9.17) is 4.63 Å². The van der Waals surface area contributed by atoms with Gasteiger partial charge < -0.3 is 0 Å². The first-order valence-electron chi connectivity index (χ1n) is 2.83. The van der Waals surface area contributed by atoms with E-state index in [-0.39, 0.29) is 0 Å². The second-order valence-electron chi connectivity index (χ2n) is 1.88. The van der Waals surface area contributed by atoms with Crippen LogP contribution in [-0.4, -0.2) is 14.9 Å². The average molecular weight is 135 g/mol. The van der Waals surface area contributed by atoms with Crippen LogP contribution in [0.4, 0.5) is 0 Å². The third-order valence-corrected chi connectivity index (χ3v) is 1.32. The van der Waals surface area contributed by atoms with E-state index in [0.717, 1.165) is 11.1 Å². The fraction of sp³-hybridized carbons (Fsp3) is 0. The van der Waals surface area contributed by atoms with E-state index in [9.17, 15) is 0 Å². The highest BCUT2D eigenvalue weighted by Crippen LogP contribution is 2.09. The van der Waals surface area contributed by atoms with Gasteiger partial charge in [-0.05, 0) is 0 Å². The van der Waals surface area contributed by atoms with Crippen molar-refractivity contribution in [2.75, 3.05) is 0 Å². The van der Waals surface area contributed by atoms with Gasteiger partial charge in [-0.2, -0.15) is 0 Å². The van der Waals surface area contributed by atoms with Crippen molar-refractivity contribution in [3.8, 4) is 0 Å². The molecule has 0 aromatic carbocycles. The first kappa shape index (κ1) is 5.22. The van der Waals surface area contributed by atoms with Crippen molar-refractivity contribution >= 4 is 11.6 Å². The van der Waals surface area contributed by atoms with Crippen LogP contribution < -0.4 is 0 Å². The van der Waals surface area contributed by atoms with E-state index in [1.54, 1.807) is 18.5 Å². The van der Waals surface area contributed by atoms with Crippen LogP contribution in [0.25, 0.3) is 11.6 Å². The summed E-state index contributed by atoms with van der Waals surface area (Å²) in [6, 6.07) is 0. The van der Waals surface area contributed by atoms with Gasteiger partial charge in [0.25, 0.3) is 0 Å². The minimum Gasteiger partial charge on any atom is -0.245 e. The number of rotatable bonds is 1. The van der Waals surface area contributed by atoms with Crippen LogP contribution >= 0.6 is 0 Å². The molecule has 0 spiro atoms. The van der Waals surface area contributed by atoms with Crippen molar-refractivity contribution in [3.63, 3.8) is 0 Å². The Balaban J connectivity index is 2.88. The Labute approximate surface area is 56.7 Å². The van der Waals surface area contributed by atoms with Gasteiger partial charge in [0.2, 0.25) is 0 Å². The van der Waals surface area contributed by atoms with E-state index >= 15 is 0 Å². The molecule has 0 aliphatic rings. The molecule has 2 rings (SSSR count). The number of hydrogen-bond acceptors (Lipinski definition) is 3. The lowest BCUT2D eigenvalue weighted by Crippen LogP contribution is -1.75. The van der Waals surface area contributed by atoms with Gasteiger partial charge in [-0.15, -0.1) is 5.10 Å². The summed E-state index contributed by atoms with van der Waals surface area (Å²) in [6.45, 7) is 3.61. The monoisotopic (exact) mass is 135 g/mol. The van der Waals surface area contributed by atoms with Crippen LogP contribution in [0.5, 0.6) is 0 Å². The molecular weight excluding hydrogens is 130 g/mol. The maximum atomic E-state index is 4.71. The molecule has 0 bridgehead atoms. The lowest BCUT2D eigenvalue weighted by atomic mass is 10.3. The fourth-order valence-electron chi connectivity index (χ4n) is 0.818. The van der Waals surface area contributed by atoms with Crippen molar-refractivity contribution in [2.45, 2.75) is 0 Å². The first-order chi connectivity index (χ1) is 4.92. The molecule has 0 saturated carbocycles. The quantitative estimate of drug-likeness (QED) is 0.585. The van der Waals surface area contributed by atoms with Crippen molar-refractivity contribution in [2.24, 2.45) is 0 Å². The van der Waals surface area contributed by atoms with Crippen molar-refractivity contribution in [1.82, 2.24) is 14.9 Å². The highest BCUT2D eigenvalue weighted by Gasteiger charge is 2.01. The molecule has 0 aliphatic heterocycles. The van der Waals surface area contributed by atoms with Crippen molar-refractivity contribution in [1.29, 1.82) is 0 Å². The summed E-state index contributed by atoms with van der Waals surface area (Å²) in [6.07, 6.45) is 4.98. The summed E-state index contributed by atoms with van der Waals surface area (Å²) in [5.41, 5.74) is 1.77. The summed E-state index contributed by atoms with van der Waals surface area (Å²) >= 11 is 0. The molecule has 4 heteroatoms. The van der Waals surface area contributed by atoms with Crippen molar-refractivity contribution in [3.05, 3.63) is 24.5 Å². The third kappa shape index (κ3) is 0.500. The Morgan fingerprint density at radius 3 is 3.30 bits per heavy atom. The molecule has 2 heterocycles. The van der Waals surface area contributed by atoms with Gasteiger partial charge >= 0.3 is 0 Å². The van der Waals surface area contributed by atoms with Crippen LogP contribution in [0.1, 0.15) is 5.56 Å². The van der Waals surface area contributed by atoms with Crippen LogP contribution in [0, 0.1) is 0 Å². The molecule has 0 N–H and O–H groups in total. The zero-order chi connectivity index (χ0) is 6.97. The van der Waals surface area contributed by atoms with Gasteiger partial charge in [-0.1, -0.05) is 22.5 Å². The summed E-state index contributed by atoms with van der Waals surface area (Å²) < 4.78 is 6.05. The Hall–Kier alpha value is -1.58. The summed E-state index contributed by atoms with van der Waals surface area (Å²) in [4.78, 5) is 0. The molecule has 2 aromatic rings. The normalized spacial score (nSPS) is 10.4. The highest BCUT2D eigenvalue weighted by molar-refractivity contribution is 5.65. The smallest absolute Gasteiger partial charge is 0.135 e. The average Bonchev–Trinajstić information content (AvgIpc) is 2.44. The zero-order valence-corrected chi connectivity index (χ0v) is 5.19. The predicted molar refractivity (Wildman–Crippen MR) is 35.3 cm³/mol. The molecule has 0 fully saturated rings. The minimum absolute atomic E-state index is 0.843. The molecule has 0 radical (unpaired) electrons. The van der Waals surface area contributed by atoms with E-state index in [1.807, 2.05) is 0 Å². The predicted octanol–water partition coefficient (Wildman–Crippen LogP) is 0.965. The molecule has 50 valence electrons. The molecule has 0 aliphatic carbocycles. The molecule has 10 heavy (non-hydrogen) atoms. The molecule has 4 nitrogen and oxygen atoms in total. The summed E-state index contributed by atoms with van der Waals surface area (Å²) in [5, 5.41) is 7.41. The summed E-state index contributed by atoms with van der Waals surface area (Å²) in [7, 11) is 0. The van der Waals surface area contributed by atoms with E-state index in [1.165, 1.54) is 4.69 Å². The largest absolute Gasteiger partial charge is 0.245 e. The lowest BCUT2D eigenvalue weighted by Gasteiger charge is -1.75. The van der Waals surface area contributed by atoms with E-state index in [0.29, 0.717) is 0 Å². The van der Waals surface area contributed by atoms with Gasteiger partial charge in [-0.25, -0.2) is 4.63 Å². The van der Waals surface area contributed by atoms with Crippen LogP contribution in [0.2, 0.25) is 0 Å². The molecule has 0 unspecified atom stereocenters. The summed E-state index contributed by atoms with van der Waals surface area (Å²) in [5.74, 6) is 0. The fourth-order valence-corrected chi connectivity index (χ4v) is 0.818. The molecule has 2 aromatic heterocycles. The van der Waals surface area contributed by atoms with Crippen LogP contribution in [0.3, 0.4) is 0 Å². The van der Waals surface area contributed by atoms with Crippen molar-refractivity contribution < 1.29 is 4.63 Å². The van der Waals surface area contributed by atoms with Gasteiger partial charge in [0.15, 0.2) is 0 Å². The third-order valence-electron chi connectivity index (χ3n) is 1.32. The van der Waals surface area contributed by atoms with Gasteiger partial charge in [-0.3, -0.25) is 0 Å². The SMILES string of the molecule is C=Cc1cnn2oncc12. The maximum Gasteiger partial charge on any atom is 0.135 e. The Kier molecular flexibility index (Phi) is 0.887. The van der Waals surface area contributed by atoms with Gasteiger partial charge in [0.1, 0.15) is 5.52 Å². The Bertz CT molecular complexity index is 360. The van der Waals surface area contributed by atoms with Crippen LogP contribution in [-0.2, 0) is 0 Å².